The van der Waals surface area contributed by atoms with Crippen LogP contribution >= 0.6 is 0 Å². The summed E-state index contributed by atoms with van der Waals surface area (Å²) in [4.78, 5) is 29.4. The molecule has 0 spiro atoms. The van der Waals surface area contributed by atoms with Crippen molar-refractivity contribution < 1.29 is 19.1 Å². The Balaban J connectivity index is 1.64. The van der Waals surface area contributed by atoms with E-state index in [0.717, 1.165) is 53.5 Å². The van der Waals surface area contributed by atoms with Gasteiger partial charge >= 0.3 is 0 Å². The highest BCUT2D eigenvalue weighted by atomic mass is 16.5. The lowest BCUT2D eigenvalue weighted by Crippen LogP contribution is -2.53. The van der Waals surface area contributed by atoms with Crippen LogP contribution in [0.2, 0.25) is 0 Å². The molecule has 1 fully saturated rings. The molecule has 1 aliphatic carbocycles. The molecule has 39 heavy (non-hydrogen) atoms. The van der Waals surface area contributed by atoms with Crippen LogP contribution in [0, 0.1) is 20.8 Å². The van der Waals surface area contributed by atoms with Crippen molar-refractivity contribution in [3.63, 3.8) is 0 Å². The zero-order chi connectivity index (χ0) is 27.8. The number of rotatable bonds is 11. The number of aryl methyl sites for hydroxylation is 2. The molecule has 6 heteroatoms. The Bertz CT molecular complexity index is 1270. The van der Waals surface area contributed by atoms with Crippen LogP contribution in [0.15, 0.2) is 66.7 Å². The normalized spacial score (nSPS) is 14.1. The van der Waals surface area contributed by atoms with Gasteiger partial charge in [0.2, 0.25) is 5.91 Å². The number of methoxy groups -OCH3 is 1. The van der Waals surface area contributed by atoms with Crippen molar-refractivity contribution in [1.29, 1.82) is 0 Å². The average molecular weight is 529 g/mol. The van der Waals surface area contributed by atoms with Gasteiger partial charge in [-0.2, -0.15) is 0 Å². The fourth-order valence-electron chi connectivity index (χ4n) is 5.26. The van der Waals surface area contributed by atoms with E-state index >= 15 is 0 Å². The standard InChI is InChI=1S/C33H40N2O4/c1-23-17-24(2)25(3)31(18-23)39-22-32(36)35(21-27-13-10-16-29(19-27)38-4)30(20-26-11-6-5-7-12-26)33(37)34-28-14-8-9-15-28/h5-7,10-13,16-19,28,30H,8-9,14-15,20-22H2,1-4H3,(H,34,37)/t30-/m1/s1. The smallest absolute Gasteiger partial charge is 0.261 e. The van der Waals surface area contributed by atoms with Crippen molar-refractivity contribution in [2.45, 2.75) is 71.5 Å². The van der Waals surface area contributed by atoms with Gasteiger partial charge in [0.1, 0.15) is 17.5 Å². The van der Waals surface area contributed by atoms with Crippen LogP contribution in [0.1, 0.15) is 53.5 Å². The number of amides is 2. The molecule has 0 radical (unpaired) electrons. The third-order valence-corrected chi connectivity index (χ3v) is 7.57. The van der Waals surface area contributed by atoms with E-state index in [9.17, 15) is 9.59 Å². The highest BCUT2D eigenvalue weighted by Crippen LogP contribution is 2.25. The van der Waals surface area contributed by atoms with Gasteiger partial charge in [-0.3, -0.25) is 9.59 Å². The number of benzene rings is 3. The Hall–Kier alpha value is -3.80. The summed E-state index contributed by atoms with van der Waals surface area (Å²) < 4.78 is 11.5. The molecule has 0 unspecified atom stereocenters. The van der Waals surface area contributed by atoms with Crippen molar-refractivity contribution in [2.24, 2.45) is 0 Å². The minimum atomic E-state index is -0.685. The molecule has 4 rings (SSSR count). The highest BCUT2D eigenvalue weighted by molar-refractivity contribution is 5.88. The molecule has 0 heterocycles. The van der Waals surface area contributed by atoms with Gasteiger partial charge in [0.25, 0.3) is 5.91 Å². The molecule has 0 aliphatic heterocycles. The van der Waals surface area contributed by atoms with Gasteiger partial charge in [-0.05, 0) is 79.6 Å². The zero-order valence-electron chi connectivity index (χ0n) is 23.5. The number of carbonyl (C=O) groups excluding carboxylic acids is 2. The Morgan fingerprint density at radius 2 is 1.67 bits per heavy atom. The van der Waals surface area contributed by atoms with Crippen LogP contribution in [0.25, 0.3) is 0 Å². The van der Waals surface area contributed by atoms with Gasteiger partial charge in [-0.15, -0.1) is 0 Å². The molecular formula is C33H40N2O4. The summed E-state index contributed by atoms with van der Waals surface area (Å²) in [6.45, 7) is 6.15. The molecule has 206 valence electrons. The quantitative estimate of drug-likeness (QED) is 0.347. The summed E-state index contributed by atoms with van der Waals surface area (Å²) in [5.41, 5.74) is 5.08. The molecule has 3 aromatic carbocycles. The van der Waals surface area contributed by atoms with Crippen molar-refractivity contribution >= 4 is 11.8 Å². The predicted molar refractivity (Wildman–Crippen MR) is 154 cm³/mol. The fraction of sp³-hybridized carbons (Fsp3) is 0.394. The highest BCUT2D eigenvalue weighted by Gasteiger charge is 2.32. The van der Waals surface area contributed by atoms with Gasteiger partial charge in [0.15, 0.2) is 6.61 Å². The first-order valence-corrected chi connectivity index (χ1v) is 13.8. The Labute approximate surface area is 232 Å². The van der Waals surface area contributed by atoms with Gasteiger partial charge in [0, 0.05) is 19.0 Å². The summed E-state index contributed by atoms with van der Waals surface area (Å²) in [6.07, 6.45) is 4.59. The average Bonchev–Trinajstić information content (AvgIpc) is 3.45. The van der Waals surface area contributed by atoms with E-state index in [0.29, 0.717) is 17.9 Å². The SMILES string of the molecule is COc1cccc(CN(C(=O)COc2cc(C)cc(C)c2C)[C@H](Cc2ccccc2)C(=O)NC2CCCC2)c1. The Morgan fingerprint density at radius 3 is 2.38 bits per heavy atom. The van der Waals surface area contributed by atoms with E-state index in [2.05, 4.69) is 11.4 Å². The van der Waals surface area contributed by atoms with E-state index < -0.39 is 6.04 Å². The zero-order valence-corrected chi connectivity index (χ0v) is 23.5. The molecule has 0 saturated heterocycles. The number of nitrogens with one attached hydrogen (secondary N) is 1. The van der Waals surface area contributed by atoms with Gasteiger partial charge in [-0.1, -0.05) is 61.4 Å². The lowest BCUT2D eigenvalue weighted by molar-refractivity contribution is -0.143. The maximum absolute atomic E-state index is 13.9. The molecular weight excluding hydrogens is 488 g/mol. The molecule has 3 aromatic rings. The van der Waals surface area contributed by atoms with Crippen LogP contribution < -0.4 is 14.8 Å². The second-order valence-electron chi connectivity index (χ2n) is 10.6. The predicted octanol–water partition coefficient (Wildman–Crippen LogP) is 5.70. The van der Waals surface area contributed by atoms with E-state index in [4.69, 9.17) is 9.47 Å². The first kappa shape index (κ1) is 28.2. The van der Waals surface area contributed by atoms with E-state index in [1.807, 2.05) is 81.4 Å². The molecule has 1 saturated carbocycles. The monoisotopic (exact) mass is 528 g/mol. The van der Waals surface area contributed by atoms with Crippen LogP contribution in [0.5, 0.6) is 11.5 Å². The van der Waals surface area contributed by atoms with Crippen LogP contribution in [-0.2, 0) is 22.6 Å². The third-order valence-electron chi connectivity index (χ3n) is 7.57. The fourth-order valence-corrected chi connectivity index (χ4v) is 5.26. The maximum atomic E-state index is 13.9. The number of hydrogen-bond acceptors (Lipinski definition) is 4. The molecule has 0 bridgehead atoms. The van der Waals surface area contributed by atoms with E-state index in [1.165, 1.54) is 0 Å². The summed E-state index contributed by atoms with van der Waals surface area (Å²) in [6, 6.07) is 21.0. The molecule has 1 N–H and O–H groups in total. The van der Waals surface area contributed by atoms with Crippen LogP contribution in [-0.4, -0.2) is 42.5 Å². The molecule has 1 atom stereocenters. The number of carbonyl (C=O) groups is 2. The lowest BCUT2D eigenvalue weighted by Gasteiger charge is -2.32. The lowest BCUT2D eigenvalue weighted by atomic mass is 10.0. The molecule has 0 aromatic heterocycles. The molecule has 6 nitrogen and oxygen atoms in total. The van der Waals surface area contributed by atoms with E-state index in [1.54, 1.807) is 12.0 Å². The topological polar surface area (TPSA) is 67.9 Å². The maximum Gasteiger partial charge on any atom is 0.261 e. The minimum absolute atomic E-state index is 0.121. The second kappa shape index (κ2) is 13.3. The van der Waals surface area contributed by atoms with Crippen LogP contribution in [0.4, 0.5) is 0 Å². The largest absolute Gasteiger partial charge is 0.497 e. The van der Waals surface area contributed by atoms with Crippen molar-refractivity contribution in [3.05, 3.63) is 94.5 Å². The summed E-state index contributed by atoms with van der Waals surface area (Å²) >= 11 is 0. The third kappa shape index (κ3) is 7.62. The summed E-state index contributed by atoms with van der Waals surface area (Å²) in [5, 5.41) is 3.24. The van der Waals surface area contributed by atoms with Crippen molar-refractivity contribution in [3.8, 4) is 11.5 Å². The Morgan fingerprint density at radius 1 is 0.949 bits per heavy atom. The summed E-state index contributed by atoms with van der Waals surface area (Å²) in [5.74, 6) is 1.04. The van der Waals surface area contributed by atoms with Crippen molar-refractivity contribution in [2.75, 3.05) is 13.7 Å². The number of hydrogen-bond donors (Lipinski definition) is 1. The second-order valence-corrected chi connectivity index (χ2v) is 10.6. The minimum Gasteiger partial charge on any atom is -0.497 e. The first-order valence-electron chi connectivity index (χ1n) is 13.8. The molecule has 1 aliphatic rings. The first-order chi connectivity index (χ1) is 18.8. The van der Waals surface area contributed by atoms with Crippen LogP contribution in [0.3, 0.4) is 0 Å². The van der Waals surface area contributed by atoms with Gasteiger partial charge in [0.05, 0.1) is 7.11 Å². The number of ether oxygens (including phenoxy) is 2. The number of nitrogens with zero attached hydrogens (tertiary/aromatic N) is 1. The van der Waals surface area contributed by atoms with Crippen molar-refractivity contribution in [1.82, 2.24) is 10.2 Å². The summed E-state index contributed by atoms with van der Waals surface area (Å²) in [7, 11) is 1.62. The molecule has 2 amide bonds. The van der Waals surface area contributed by atoms with Gasteiger partial charge in [-0.25, -0.2) is 0 Å². The van der Waals surface area contributed by atoms with E-state index in [-0.39, 0.29) is 31.0 Å². The Kier molecular flexibility index (Phi) is 9.64. The van der Waals surface area contributed by atoms with Gasteiger partial charge < -0.3 is 19.7 Å².